The second kappa shape index (κ2) is 8.01. The number of carbonyl (C=O) groups is 1. The first kappa shape index (κ1) is 17.3. The number of nitrogens with zero attached hydrogens (tertiary/aromatic N) is 1. The van der Waals surface area contributed by atoms with Crippen molar-refractivity contribution in [3.8, 4) is 17.0 Å². The number of benzene rings is 1. The van der Waals surface area contributed by atoms with Crippen LogP contribution < -0.4 is 10.5 Å². The van der Waals surface area contributed by atoms with Crippen molar-refractivity contribution in [3.63, 3.8) is 0 Å². The van der Waals surface area contributed by atoms with Gasteiger partial charge in [0, 0.05) is 29.9 Å². The molecule has 1 fully saturated rings. The van der Waals surface area contributed by atoms with E-state index >= 15 is 0 Å². The molecule has 1 heterocycles. The largest absolute Gasteiger partial charge is 0.474 e. The van der Waals surface area contributed by atoms with E-state index in [1.54, 1.807) is 0 Å². The number of hydrogen-bond acceptors (Lipinski definition) is 5. The number of aromatic nitrogens is 1. The lowest BCUT2D eigenvalue weighted by Gasteiger charge is -2.28. The molecule has 1 saturated carbocycles. The predicted molar refractivity (Wildman–Crippen MR) is 97.1 cm³/mol. The first-order valence-corrected chi connectivity index (χ1v) is 8.69. The van der Waals surface area contributed by atoms with Crippen molar-refractivity contribution in [1.29, 1.82) is 0 Å². The molecule has 3 rings (SSSR count). The van der Waals surface area contributed by atoms with Crippen molar-refractivity contribution < 1.29 is 14.3 Å². The van der Waals surface area contributed by atoms with E-state index in [1.807, 2.05) is 42.6 Å². The van der Waals surface area contributed by atoms with Gasteiger partial charge in [-0.2, -0.15) is 0 Å². The molecular weight excluding hydrogens is 316 g/mol. The van der Waals surface area contributed by atoms with Crippen LogP contribution in [0.1, 0.15) is 32.1 Å². The molecule has 0 atom stereocenters. The number of hydrogen-bond donors (Lipinski definition) is 1. The molecular formula is C20H24N2O3. The zero-order chi connectivity index (χ0) is 17.6. The molecule has 5 nitrogen and oxygen atoms in total. The molecule has 0 spiro atoms. The Kier molecular flexibility index (Phi) is 5.53. The highest BCUT2D eigenvalue weighted by Crippen LogP contribution is 2.30. The van der Waals surface area contributed by atoms with Crippen molar-refractivity contribution in [2.24, 2.45) is 5.92 Å². The van der Waals surface area contributed by atoms with Crippen LogP contribution in [-0.2, 0) is 9.53 Å². The van der Waals surface area contributed by atoms with Crippen molar-refractivity contribution in [3.05, 3.63) is 42.6 Å². The van der Waals surface area contributed by atoms with Crippen molar-refractivity contribution in [2.75, 3.05) is 12.8 Å². The molecule has 1 aromatic heterocycles. The van der Waals surface area contributed by atoms with Crippen LogP contribution in [0.5, 0.6) is 5.88 Å². The Balaban J connectivity index is 1.52. The second-order valence-electron chi connectivity index (χ2n) is 6.55. The maximum Gasteiger partial charge on any atom is 0.305 e. The van der Waals surface area contributed by atoms with Crippen molar-refractivity contribution >= 4 is 11.7 Å². The quantitative estimate of drug-likeness (QED) is 0.661. The number of carbonyl (C=O) groups excluding carboxylic acids is 1. The normalized spacial score (nSPS) is 20.0. The molecule has 2 N–H and O–H groups in total. The number of rotatable bonds is 5. The lowest BCUT2D eigenvalue weighted by atomic mass is 9.85. The third kappa shape index (κ3) is 4.72. The Morgan fingerprint density at radius 1 is 1.08 bits per heavy atom. The first-order valence-electron chi connectivity index (χ1n) is 8.69. The van der Waals surface area contributed by atoms with Gasteiger partial charge in [-0.3, -0.25) is 4.79 Å². The molecule has 0 unspecified atom stereocenters. The van der Waals surface area contributed by atoms with E-state index in [2.05, 4.69) is 4.98 Å². The molecule has 0 amide bonds. The van der Waals surface area contributed by atoms with E-state index in [-0.39, 0.29) is 12.1 Å². The lowest BCUT2D eigenvalue weighted by molar-refractivity contribution is -0.142. The summed E-state index contributed by atoms with van der Waals surface area (Å²) in [6, 6.07) is 11.6. The van der Waals surface area contributed by atoms with Gasteiger partial charge < -0.3 is 15.2 Å². The number of anilines is 1. The van der Waals surface area contributed by atoms with Crippen LogP contribution in [0, 0.1) is 5.92 Å². The average Bonchev–Trinajstić information content (AvgIpc) is 2.64. The Bertz CT molecular complexity index is 690. The summed E-state index contributed by atoms with van der Waals surface area (Å²) in [7, 11) is 1.44. The lowest BCUT2D eigenvalue weighted by Crippen LogP contribution is -2.25. The molecule has 132 valence electrons. The summed E-state index contributed by atoms with van der Waals surface area (Å²) in [5.41, 5.74) is 8.58. The molecule has 1 aliphatic carbocycles. The van der Waals surface area contributed by atoms with E-state index < -0.39 is 0 Å². The van der Waals surface area contributed by atoms with Gasteiger partial charge in [0.1, 0.15) is 6.10 Å². The minimum absolute atomic E-state index is 0.121. The summed E-state index contributed by atoms with van der Waals surface area (Å²) >= 11 is 0. The highest BCUT2D eigenvalue weighted by atomic mass is 16.5. The molecule has 1 aromatic carbocycles. The maximum absolute atomic E-state index is 11.3. The van der Waals surface area contributed by atoms with Gasteiger partial charge in [-0.1, -0.05) is 12.1 Å². The minimum atomic E-state index is -0.121. The van der Waals surface area contributed by atoms with Gasteiger partial charge in [0.2, 0.25) is 5.88 Å². The summed E-state index contributed by atoms with van der Waals surface area (Å²) in [6.45, 7) is 0. The Morgan fingerprint density at radius 2 is 1.76 bits per heavy atom. The Labute approximate surface area is 148 Å². The van der Waals surface area contributed by atoms with E-state index in [1.165, 1.54) is 7.11 Å². The van der Waals surface area contributed by atoms with E-state index in [0.29, 0.717) is 18.2 Å². The van der Waals surface area contributed by atoms with Gasteiger partial charge in [0.25, 0.3) is 0 Å². The van der Waals surface area contributed by atoms with Gasteiger partial charge in [-0.05, 0) is 55.4 Å². The number of nitrogens with two attached hydrogens (primary N) is 1. The van der Waals surface area contributed by atoms with Crippen LogP contribution in [0.3, 0.4) is 0 Å². The van der Waals surface area contributed by atoms with Crippen molar-refractivity contribution in [2.45, 2.75) is 38.2 Å². The second-order valence-corrected chi connectivity index (χ2v) is 6.55. The zero-order valence-electron chi connectivity index (χ0n) is 14.5. The molecule has 1 aliphatic rings. The number of esters is 1. The SMILES string of the molecule is COC(=O)CC1CCC(Oc2ccc(-c3ccc(N)cc3)cn2)CC1. The molecule has 2 aromatic rings. The summed E-state index contributed by atoms with van der Waals surface area (Å²) in [5, 5.41) is 0. The standard InChI is InChI=1S/C20H24N2O3/c1-24-20(23)12-14-2-9-18(10-3-14)25-19-11-6-16(13-22-19)15-4-7-17(21)8-5-15/h4-8,11,13-14,18H,2-3,9-10,12,21H2,1H3. The van der Waals surface area contributed by atoms with Crippen LogP contribution in [0.2, 0.25) is 0 Å². The fraction of sp³-hybridized carbons (Fsp3) is 0.400. The van der Waals surface area contributed by atoms with Crippen LogP contribution in [0.25, 0.3) is 11.1 Å². The average molecular weight is 340 g/mol. The molecule has 25 heavy (non-hydrogen) atoms. The molecule has 0 radical (unpaired) electrons. The number of methoxy groups -OCH3 is 1. The molecule has 0 bridgehead atoms. The van der Waals surface area contributed by atoms with Crippen LogP contribution in [0.4, 0.5) is 5.69 Å². The zero-order valence-corrected chi connectivity index (χ0v) is 14.5. The number of nitrogen functional groups attached to an aromatic ring is 1. The van der Waals surface area contributed by atoms with E-state index in [4.69, 9.17) is 15.2 Å². The van der Waals surface area contributed by atoms with Gasteiger partial charge in [-0.15, -0.1) is 0 Å². The number of ether oxygens (including phenoxy) is 2. The summed E-state index contributed by atoms with van der Waals surface area (Å²) in [4.78, 5) is 15.8. The topological polar surface area (TPSA) is 74.4 Å². The highest BCUT2D eigenvalue weighted by molar-refractivity contribution is 5.69. The molecule has 0 aliphatic heterocycles. The fourth-order valence-electron chi connectivity index (χ4n) is 3.24. The Hall–Kier alpha value is -2.56. The summed E-state index contributed by atoms with van der Waals surface area (Å²) in [5.74, 6) is 0.938. The van der Waals surface area contributed by atoms with Gasteiger partial charge in [0.05, 0.1) is 7.11 Å². The molecule has 0 saturated heterocycles. The van der Waals surface area contributed by atoms with Gasteiger partial charge in [-0.25, -0.2) is 4.98 Å². The highest BCUT2D eigenvalue weighted by Gasteiger charge is 2.24. The van der Waals surface area contributed by atoms with Crippen LogP contribution in [-0.4, -0.2) is 24.2 Å². The summed E-state index contributed by atoms with van der Waals surface area (Å²) in [6.07, 6.45) is 6.38. The van der Waals surface area contributed by atoms with Crippen LogP contribution in [0.15, 0.2) is 42.6 Å². The van der Waals surface area contributed by atoms with Crippen LogP contribution >= 0.6 is 0 Å². The van der Waals surface area contributed by atoms with Gasteiger partial charge in [0.15, 0.2) is 0 Å². The monoisotopic (exact) mass is 340 g/mol. The van der Waals surface area contributed by atoms with E-state index in [9.17, 15) is 4.79 Å². The third-order valence-corrected chi connectivity index (χ3v) is 4.74. The fourth-order valence-corrected chi connectivity index (χ4v) is 3.24. The van der Waals surface area contributed by atoms with Crippen molar-refractivity contribution in [1.82, 2.24) is 4.98 Å². The Morgan fingerprint density at radius 3 is 2.36 bits per heavy atom. The number of pyridine rings is 1. The third-order valence-electron chi connectivity index (χ3n) is 4.74. The first-order chi connectivity index (χ1) is 12.1. The molecule has 5 heteroatoms. The predicted octanol–water partition coefficient (Wildman–Crippen LogP) is 3.83. The summed E-state index contributed by atoms with van der Waals surface area (Å²) < 4.78 is 10.7. The smallest absolute Gasteiger partial charge is 0.305 e. The minimum Gasteiger partial charge on any atom is -0.474 e. The maximum atomic E-state index is 11.3. The van der Waals surface area contributed by atoms with E-state index in [0.717, 1.165) is 42.5 Å². The van der Waals surface area contributed by atoms with Gasteiger partial charge >= 0.3 is 5.97 Å².